The molecule has 1 fully saturated rings. The van der Waals surface area contributed by atoms with E-state index in [0.29, 0.717) is 12.0 Å². The molecular formula is C21H27N7OS2. The molecule has 0 bridgehead atoms. The number of hydrogen-bond donors (Lipinski definition) is 2. The third-order valence-electron chi connectivity index (χ3n) is 5.29. The number of amides is 1. The Hall–Kier alpha value is -2.43. The molecule has 3 aromatic rings. The number of likely N-dealkylation sites (N-methyl/N-ethyl adjacent to an activating group) is 1. The molecular weight excluding hydrogens is 430 g/mol. The van der Waals surface area contributed by atoms with Crippen molar-refractivity contribution in [3.63, 3.8) is 0 Å². The lowest BCUT2D eigenvalue weighted by atomic mass is 10.1. The van der Waals surface area contributed by atoms with Gasteiger partial charge in [0.1, 0.15) is 0 Å². The van der Waals surface area contributed by atoms with E-state index in [1.165, 1.54) is 0 Å². The van der Waals surface area contributed by atoms with Crippen LogP contribution in [0, 0.1) is 0 Å². The summed E-state index contributed by atoms with van der Waals surface area (Å²) in [5.74, 6) is 0.746. The second kappa shape index (κ2) is 9.80. The Balaban J connectivity index is 1.25. The highest BCUT2D eigenvalue weighted by atomic mass is 32.2. The van der Waals surface area contributed by atoms with Gasteiger partial charge in [0, 0.05) is 55.1 Å². The van der Waals surface area contributed by atoms with Crippen molar-refractivity contribution < 1.29 is 4.79 Å². The predicted molar refractivity (Wildman–Crippen MR) is 128 cm³/mol. The highest BCUT2D eigenvalue weighted by molar-refractivity contribution is 7.98. The smallest absolute Gasteiger partial charge is 0.254 e. The second-order valence-corrected chi connectivity index (χ2v) is 9.59. The Kier molecular flexibility index (Phi) is 6.89. The van der Waals surface area contributed by atoms with Gasteiger partial charge >= 0.3 is 0 Å². The van der Waals surface area contributed by atoms with E-state index < -0.39 is 0 Å². The topological polar surface area (TPSA) is 86.3 Å². The molecule has 2 N–H and O–H groups in total. The van der Waals surface area contributed by atoms with Crippen LogP contribution in [0.15, 0.2) is 35.5 Å². The van der Waals surface area contributed by atoms with Crippen LogP contribution < -0.4 is 10.6 Å². The highest BCUT2D eigenvalue weighted by Gasteiger charge is 2.32. The molecule has 0 saturated carbocycles. The molecule has 3 heterocycles. The van der Waals surface area contributed by atoms with Gasteiger partial charge < -0.3 is 20.4 Å². The van der Waals surface area contributed by atoms with Crippen LogP contribution in [0.3, 0.4) is 0 Å². The summed E-state index contributed by atoms with van der Waals surface area (Å²) in [6, 6.07) is 6.23. The standard InChI is InChI=1S/C21H27N7OS2/c1-27(2)15-12-28(13-15)19(29)14-5-6-17-18(9-14)31-21(26-17)23-8-4-7-22-20-24-10-16(30-3)11-25-20/h5-6,9-11,15H,4,7-8,12-13H2,1-3H3,(H,23,26)(H,22,24,25). The number of nitrogens with one attached hydrogen (secondary N) is 2. The maximum atomic E-state index is 12.7. The third kappa shape index (κ3) is 5.25. The molecule has 1 aromatic carbocycles. The molecule has 0 atom stereocenters. The highest BCUT2D eigenvalue weighted by Crippen LogP contribution is 2.28. The number of hydrogen-bond acceptors (Lipinski definition) is 9. The van der Waals surface area contributed by atoms with E-state index >= 15 is 0 Å². The van der Waals surface area contributed by atoms with Crippen LogP contribution in [0.1, 0.15) is 16.8 Å². The van der Waals surface area contributed by atoms with Crippen molar-refractivity contribution >= 4 is 50.3 Å². The molecule has 1 aliphatic heterocycles. The number of rotatable bonds is 9. The number of aromatic nitrogens is 3. The molecule has 1 saturated heterocycles. The minimum absolute atomic E-state index is 0.0989. The summed E-state index contributed by atoms with van der Waals surface area (Å²) in [5.41, 5.74) is 1.65. The Morgan fingerprint density at radius 3 is 2.68 bits per heavy atom. The van der Waals surface area contributed by atoms with E-state index in [-0.39, 0.29) is 5.91 Å². The summed E-state index contributed by atoms with van der Waals surface area (Å²) in [7, 11) is 4.11. The lowest BCUT2D eigenvalue weighted by Gasteiger charge is -2.42. The van der Waals surface area contributed by atoms with E-state index in [1.807, 2.05) is 41.7 Å². The Bertz CT molecular complexity index is 1030. The van der Waals surface area contributed by atoms with Gasteiger partial charge in [-0.3, -0.25) is 4.79 Å². The molecule has 0 spiro atoms. The SMILES string of the molecule is CSc1cnc(NCCCNc2nc3ccc(C(=O)N4CC(N(C)C)C4)cc3s2)nc1. The monoisotopic (exact) mass is 457 g/mol. The van der Waals surface area contributed by atoms with Crippen molar-refractivity contribution in [2.75, 3.05) is 57.2 Å². The van der Waals surface area contributed by atoms with Crippen molar-refractivity contribution in [1.82, 2.24) is 24.8 Å². The normalized spacial score (nSPS) is 14.1. The molecule has 0 aliphatic carbocycles. The van der Waals surface area contributed by atoms with Crippen LogP contribution in [-0.4, -0.2) is 83.2 Å². The minimum Gasteiger partial charge on any atom is -0.361 e. The molecule has 0 radical (unpaired) electrons. The summed E-state index contributed by atoms with van der Waals surface area (Å²) < 4.78 is 1.03. The maximum Gasteiger partial charge on any atom is 0.254 e. The first-order valence-electron chi connectivity index (χ1n) is 10.2. The minimum atomic E-state index is 0.0989. The van der Waals surface area contributed by atoms with Gasteiger partial charge in [-0.1, -0.05) is 11.3 Å². The van der Waals surface area contributed by atoms with Gasteiger partial charge in [-0.2, -0.15) is 0 Å². The lowest BCUT2D eigenvalue weighted by molar-refractivity contribution is 0.0399. The number of carbonyl (C=O) groups excluding carboxylic acids is 1. The van der Waals surface area contributed by atoms with Gasteiger partial charge in [0.15, 0.2) is 5.13 Å². The molecule has 8 nitrogen and oxygen atoms in total. The fourth-order valence-electron chi connectivity index (χ4n) is 3.26. The number of nitrogens with zero attached hydrogens (tertiary/aromatic N) is 5. The summed E-state index contributed by atoms with van der Waals surface area (Å²) in [5, 5.41) is 7.47. The quantitative estimate of drug-likeness (QED) is 0.374. The van der Waals surface area contributed by atoms with E-state index in [0.717, 1.165) is 58.4 Å². The van der Waals surface area contributed by atoms with Gasteiger partial charge in [0.2, 0.25) is 5.95 Å². The lowest BCUT2D eigenvalue weighted by Crippen LogP contribution is -2.59. The van der Waals surface area contributed by atoms with Crippen LogP contribution in [-0.2, 0) is 0 Å². The molecule has 1 amide bonds. The number of benzene rings is 1. The molecule has 4 rings (SSSR count). The predicted octanol–water partition coefficient (Wildman–Crippen LogP) is 3.11. The number of thiazole rings is 1. The number of thioether (sulfide) groups is 1. The second-order valence-electron chi connectivity index (χ2n) is 7.68. The number of likely N-dealkylation sites (tertiary alicyclic amines) is 1. The Labute approximate surface area is 190 Å². The Morgan fingerprint density at radius 2 is 1.97 bits per heavy atom. The third-order valence-corrected chi connectivity index (χ3v) is 6.95. The van der Waals surface area contributed by atoms with Gasteiger partial charge in [0.25, 0.3) is 5.91 Å². The number of carbonyl (C=O) groups is 1. The van der Waals surface area contributed by atoms with E-state index in [1.54, 1.807) is 23.1 Å². The van der Waals surface area contributed by atoms with Crippen LogP contribution in [0.25, 0.3) is 10.2 Å². The zero-order chi connectivity index (χ0) is 21.8. The number of fused-ring (bicyclic) bond motifs is 1. The maximum absolute atomic E-state index is 12.7. The largest absolute Gasteiger partial charge is 0.361 e. The van der Waals surface area contributed by atoms with Crippen molar-refractivity contribution in [1.29, 1.82) is 0 Å². The fraction of sp³-hybridized carbons (Fsp3) is 0.429. The zero-order valence-electron chi connectivity index (χ0n) is 18.0. The molecule has 0 unspecified atom stereocenters. The van der Waals surface area contributed by atoms with E-state index in [9.17, 15) is 4.79 Å². The van der Waals surface area contributed by atoms with Crippen LogP contribution in [0.4, 0.5) is 11.1 Å². The summed E-state index contributed by atoms with van der Waals surface area (Å²) >= 11 is 3.21. The van der Waals surface area contributed by atoms with Crippen LogP contribution in [0.5, 0.6) is 0 Å². The first-order chi connectivity index (χ1) is 15.0. The summed E-state index contributed by atoms with van der Waals surface area (Å²) in [4.78, 5) is 31.0. The van der Waals surface area contributed by atoms with Crippen molar-refractivity contribution in [2.24, 2.45) is 0 Å². The van der Waals surface area contributed by atoms with Crippen molar-refractivity contribution in [3.8, 4) is 0 Å². The van der Waals surface area contributed by atoms with E-state index in [2.05, 4.69) is 44.6 Å². The first kappa shape index (κ1) is 21.8. The van der Waals surface area contributed by atoms with Gasteiger partial charge in [0.05, 0.1) is 10.2 Å². The number of anilines is 2. The van der Waals surface area contributed by atoms with E-state index in [4.69, 9.17) is 0 Å². The molecule has 10 heteroatoms. The molecule has 164 valence electrons. The van der Waals surface area contributed by atoms with Crippen LogP contribution >= 0.6 is 23.1 Å². The summed E-state index contributed by atoms with van der Waals surface area (Å²) in [6.45, 7) is 3.15. The average molecular weight is 458 g/mol. The average Bonchev–Trinajstić information content (AvgIpc) is 3.14. The fourth-order valence-corrected chi connectivity index (χ4v) is 4.51. The van der Waals surface area contributed by atoms with Gasteiger partial charge in [-0.15, -0.1) is 11.8 Å². The zero-order valence-corrected chi connectivity index (χ0v) is 19.6. The molecule has 2 aromatic heterocycles. The van der Waals surface area contributed by atoms with Gasteiger partial charge in [-0.25, -0.2) is 15.0 Å². The molecule has 31 heavy (non-hydrogen) atoms. The van der Waals surface area contributed by atoms with Crippen LogP contribution in [0.2, 0.25) is 0 Å². The summed E-state index contributed by atoms with van der Waals surface area (Å²) in [6.07, 6.45) is 6.56. The first-order valence-corrected chi connectivity index (χ1v) is 12.3. The Morgan fingerprint density at radius 1 is 1.23 bits per heavy atom. The molecule has 1 aliphatic rings. The van der Waals surface area contributed by atoms with Crippen molar-refractivity contribution in [2.45, 2.75) is 17.4 Å². The van der Waals surface area contributed by atoms with Crippen molar-refractivity contribution in [3.05, 3.63) is 36.2 Å². The van der Waals surface area contributed by atoms with Gasteiger partial charge in [-0.05, 0) is 45.0 Å².